The molecule has 0 aromatic carbocycles. The molecule has 1 fully saturated rings. The fourth-order valence-corrected chi connectivity index (χ4v) is 4.57. The number of aromatic nitrogens is 5. The van der Waals surface area contributed by atoms with E-state index >= 15 is 0 Å². The average molecular weight is 439 g/mol. The Labute approximate surface area is 187 Å². The lowest BCUT2D eigenvalue weighted by atomic mass is 10.0. The molecule has 0 spiro atoms. The maximum absolute atomic E-state index is 13.4. The van der Waals surface area contributed by atoms with Gasteiger partial charge in [0.05, 0.1) is 18.7 Å². The minimum Gasteiger partial charge on any atom is -0.380 e. The minimum atomic E-state index is -0.132. The summed E-state index contributed by atoms with van der Waals surface area (Å²) in [6.45, 7) is 9.18. The number of ether oxygens (including phenoxy) is 1. The molecule has 0 unspecified atom stereocenters. The summed E-state index contributed by atoms with van der Waals surface area (Å²) in [5.74, 6) is 2.13. The van der Waals surface area contributed by atoms with Crippen LogP contribution in [-0.2, 0) is 37.4 Å². The van der Waals surface area contributed by atoms with Crippen molar-refractivity contribution >= 4 is 5.91 Å². The molecule has 1 aliphatic heterocycles. The second-order valence-electron chi connectivity index (χ2n) is 8.84. The molecule has 0 radical (unpaired) electrons. The van der Waals surface area contributed by atoms with Crippen LogP contribution in [0.25, 0.3) is 11.5 Å². The van der Waals surface area contributed by atoms with Gasteiger partial charge in [-0.1, -0.05) is 5.16 Å². The van der Waals surface area contributed by atoms with E-state index in [0.717, 1.165) is 48.2 Å². The third-order valence-electron chi connectivity index (χ3n) is 6.60. The molecular formula is C23H30N6O3. The normalized spacial score (nSPS) is 15.9. The highest BCUT2D eigenvalue weighted by Crippen LogP contribution is 2.35. The van der Waals surface area contributed by atoms with E-state index < -0.39 is 0 Å². The largest absolute Gasteiger partial charge is 0.380 e. The van der Waals surface area contributed by atoms with Crippen LogP contribution < -0.4 is 0 Å². The molecular weight excluding hydrogens is 408 g/mol. The van der Waals surface area contributed by atoms with Gasteiger partial charge in [0.2, 0.25) is 0 Å². The van der Waals surface area contributed by atoms with Crippen LogP contribution in [0.4, 0.5) is 0 Å². The molecule has 0 atom stereocenters. The second kappa shape index (κ2) is 8.20. The predicted octanol–water partition coefficient (Wildman–Crippen LogP) is 3.13. The maximum Gasteiger partial charge on any atom is 0.276 e. The highest BCUT2D eigenvalue weighted by Gasteiger charge is 2.33. The van der Waals surface area contributed by atoms with Crippen molar-refractivity contribution in [3.05, 3.63) is 40.2 Å². The summed E-state index contributed by atoms with van der Waals surface area (Å²) in [6.07, 6.45) is 5.24. The van der Waals surface area contributed by atoms with E-state index in [1.54, 1.807) is 14.0 Å². The molecule has 9 nitrogen and oxygen atoms in total. The molecule has 3 aromatic rings. The van der Waals surface area contributed by atoms with E-state index in [1.807, 2.05) is 11.1 Å². The van der Waals surface area contributed by atoms with Gasteiger partial charge in [-0.2, -0.15) is 5.10 Å². The first kappa shape index (κ1) is 20.9. The fourth-order valence-electron chi connectivity index (χ4n) is 4.57. The Morgan fingerprint density at radius 1 is 1.31 bits per heavy atom. The molecule has 0 N–H and O–H groups in total. The zero-order valence-electron chi connectivity index (χ0n) is 19.2. The molecule has 170 valence electrons. The van der Waals surface area contributed by atoms with Crippen molar-refractivity contribution in [1.29, 1.82) is 0 Å². The minimum absolute atomic E-state index is 0.132. The topological polar surface area (TPSA) is 91.2 Å². The summed E-state index contributed by atoms with van der Waals surface area (Å²) in [5.41, 5.74) is 5.37. The molecule has 9 heteroatoms. The Hall–Kier alpha value is -2.94. The molecule has 2 aliphatic rings. The van der Waals surface area contributed by atoms with E-state index in [-0.39, 0.29) is 5.91 Å². The van der Waals surface area contributed by atoms with Gasteiger partial charge in [-0.05, 0) is 39.5 Å². The fraction of sp³-hybridized carbons (Fsp3) is 0.565. The predicted molar refractivity (Wildman–Crippen MR) is 117 cm³/mol. The van der Waals surface area contributed by atoms with Gasteiger partial charge >= 0.3 is 0 Å². The summed E-state index contributed by atoms with van der Waals surface area (Å²) in [4.78, 5) is 19.9. The van der Waals surface area contributed by atoms with Crippen molar-refractivity contribution in [3.63, 3.8) is 0 Å². The van der Waals surface area contributed by atoms with Crippen LogP contribution in [0.3, 0.4) is 0 Å². The van der Waals surface area contributed by atoms with Crippen molar-refractivity contribution in [2.24, 2.45) is 5.92 Å². The molecule has 5 rings (SSSR count). The van der Waals surface area contributed by atoms with Gasteiger partial charge in [0.25, 0.3) is 5.91 Å². The highest BCUT2D eigenvalue weighted by molar-refractivity contribution is 5.94. The number of hydrogen-bond acceptors (Lipinski definition) is 6. The van der Waals surface area contributed by atoms with Crippen LogP contribution in [0.2, 0.25) is 0 Å². The number of rotatable bonds is 7. The van der Waals surface area contributed by atoms with E-state index in [0.29, 0.717) is 36.7 Å². The number of methoxy groups -OCH3 is 1. The summed E-state index contributed by atoms with van der Waals surface area (Å²) in [6, 6.07) is 0. The van der Waals surface area contributed by atoms with Crippen LogP contribution in [0, 0.1) is 19.8 Å². The number of nitrogens with zero attached hydrogens (tertiary/aromatic N) is 6. The lowest BCUT2D eigenvalue weighted by molar-refractivity contribution is 0.0718. The van der Waals surface area contributed by atoms with Gasteiger partial charge in [0.1, 0.15) is 11.5 Å². The molecule has 3 aromatic heterocycles. The van der Waals surface area contributed by atoms with Gasteiger partial charge in [0, 0.05) is 56.3 Å². The van der Waals surface area contributed by atoms with Crippen molar-refractivity contribution in [2.75, 3.05) is 13.7 Å². The number of imidazole rings is 1. The van der Waals surface area contributed by atoms with Crippen LogP contribution in [-0.4, -0.2) is 48.9 Å². The van der Waals surface area contributed by atoms with Crippen molar-refractivity contribution in [1.82, 2.24) is 29.4 Å². The first-order valence-corrected chi connectivity index (χ1v) is 11.4. The third-order valence-corrected chi connectivity index (χ3v) is 6.60. The summed E-state index contributed by atoms with van der Waals surface area (Å²) < 4.78 is 14.9. The second-order valence-corrected chi connectivity index (χ2v) is 8.84. The molecule has 4 heterocycles. The van der Waals surface area contributed by atoms with Gasteiger partial charge in [0.15, 0.2) is 11.5 Å². The molecule has 1 amide bonds. The number of carbonyl (C=O) groups excluding carboxylic acids is 1. The number of amides is 1. The van der Waals surface area contributed by atoms with Crippen molar-refractivity contribution in [3.8, 4) is 11.5 Å². The summed E-state index contributed by atoms with van der Waals surface area (Å²) in [7, 11) is 1.60. The third kappa shape index (κ3) is 3.54. The number of hydrogen-bond donors (Lipinski definition) is 0. The van der Waals surface area contributed by atoms with Gasteiger partial charge in [-0.3, -0.25) is 9.48 Å². The Kier molecular flexibility index (Phi) is 5.36. The van der Waals surface area contributed by atoms with Crippen LogP contribution in [0.5, 0.6) is 0 Å². The summed E-state index contributed by atoms with van der Waals surface area (Å²) >= 11 is 0. The zero-order chi connectivity index (χ0) is 22.4. The number of carbonyl (C=O) groups is 1. The van der Waals surface area contributed by atoms with E-state index in [1.165, 1.54) is 18.5 Å². The number of fused-ring (bicyclic) bond motifs is 1. The Bertz CT molecular complexity index is 1150. The monoisotopic (exact) mass is 438 g/mol. The molecule has 1 aliphatic carbocycles. The van der Waals surface area contributed by atoms with Gasteiger partial charge in [-0.25, -0.2) is 4.98 Å². The molecule has 32 heavy (non-hydrogen) atoms. The maximum atomic E-state index is 13.4. The molecule has 0 bridgehead atoms. The van der Waals surface area contributed by atoms with Gasteiger partial charge in [-0.15, -0.1) is 0 Å². The summed E-state index contributed by atoms with van der Waals surface area (Å²) in [5, 5.41) is 8.98. The average Bonchev–Trinajstić information content (AvgIpc) is 3.30. The lowest BCUT2D eigenvalue weighted by Crippen LogP contribution is -2.37. The van der Waals surface area contributed by atoms with Crippen LogP contribution in [0.15, 0.2) is 10.7 Å². The van der Waals surface area contributed by atoms with Crippen LogP contribution in [0.1, 0.15) is 58.5 Å². The first-order valence-electron chi connectivity index (χ1n) is 11.4. The van der Waals surface area contributed by atoms with E-state index in [2.05, 4.69) is 28.3 Å². The van der Waals surface area contributed by atoms with Crippen molar-refractivity contribution < 1.29 is 14.1 Å². The SMILES string of the molecule is CCn1nc(-c2ncc(C)n2CC2CC2)c2c1CCN(C(=O)c1noc(C)c1COC)C2. The van der Waals surface area contributed by atoms with Crippen molar-refractivity contribution in [2.45, 2.75) is 66.3 Å². The Balaban J connectivity index is 1.50. The number of aryl methyl sites for hydroxylation is 3. The standard InChI is InChI=1S/C23H30N6O3/c1-5-29-19-8-9-27(23(30)21-18(13-31-4)15(3)32-26-21)12-17(19)20(25-29)22-24-10-14(2)28(22)11-16-6-7-16/h10,16H,5-9,11-13H2,1-4H3. The molecule has 0 saturated heterocycles. The Morgan fingerprint density at radius 3 is 2.84 bits per heavy atom. The van der Waals surface area contributed by atoms with Gasteiger partial charge < -0.3 is 18.7 Å². The lowest BCUT2D eigenvalue weighted by Gasteiger charge is -2.27. The first-order chi connectivity index (χ1) is 15.5. The Morgan fingerprint density at radius 2 is 2.12 bits per heavy atom. The smallest absolute Gasteiger partial charge is 0.276 e. The van der Waals surface area contributed by atoms with E-state index in [9.17, 15) is 4.79 Å². The quantitative estimate of drug-likeness (QED) is 0.563. The highest BCUT2D eigenvalue weighted by atomic mass is 16.5. The van der Waals surface area contributed by atoms with E-state index in [4.69, 9.17) is 19.3 Å². The molecule has 1 saturated carbocycles. The zero-order valence-corrected chi connectivity index (χ0v) is 19.2. The van der Waals surface area contributed by atoms with Crippen LogP contribution >= 0.6 is 0 Å².